The predicted molar refractivity (Wildman–Crippen MR) is 71.9 cm³/mol. The molecule has 1 N–H and O–H groups in total. The number of halogens is 2. The van der Waals surface area contributed by atoms with Gasteiger partial charge in [-0.25, -0.2) is 13.6 Å². The van der Waals surface area contributed by atoms with Crippen molar-refractivity contribution in [2.24, 2.45) is 0 Å². The highest BCUT2D eigenvalue weighted by Gasteiger charge is 2.17. The van der Waals surface area contributed by atoms with Gasteiger partial charge in [0.25, 0.3) is 5.91 Å². The number of rotatable bonds is 5. The van der Waals surface area contributed by atoms with E-state index in [0.717, 1.165) is 12.1 Å². The molecule has 22 heavy (non-hydrogen) atoms. The molecule has 1 amide bonds. The fourth-order valence-electron chi connectivity index (χ4n) is 1.76. The average molecular weight is 309 g/mol. The van der Waals surface area contributed by atoms with E-state index in [1.165, 1.54) is 6.26 Å². The molecule has 1 heterocycles. The molecule has 0 saturated carbocycles. The normalized spacial score (nSPS) is 11.8. The molecule has 1 aromatic heterocycles. The lowest BCUT2D eigenvalue weighted by atomic mass is 10.2. The number of furan rings is 1. The number of nitrogens with one attached hydrogen (secondary N) is 1. The Hall–Kier alpha value is -2.70. The van der Waals surface area contributed by atoms with Gasteiger partial charge in [-0.15, -0.1) is 0 Å². The van der Waals surface area contributed by atoms with Crippen LogP contribution in [0.25, 0.3) is 0 Å². The van der Waals surface area contributed by atoms with Gasteiger partial charge in [-0.05, 0) is 31.2 Å². The zero-order valence-corrected chi connectivity index (χ0v) is 11.6. The van der Waals surface area contributed by atoms with Gasteiger partial charge in [0.1, 0.15) is 17.4 Å². The number of carbonyl (C=O) groups excluding carboxylic acids is 2. The first-order valence-corrected chi connectivity index (χ1v) is 6.42. The van der Waals surface area contributed by atoms with Gasteiger partial charge in [-0.3, -0.25) is 4.79 Å². The van der Waals surface area contributed by atoms with Gasteiger partial charge < -0.3 is 14.5 Å². The van der Waals surface area contributed by atoms with E-state index in [9.17, 15) is 18.4 Å². The number of hydrogen-bond acceptors (Lipinski definition) is 4. The van der Waals surface area contributed by atoms with Crippen molar-refractivity contribution >= 4 is 11.9 Å². The van der Waals surface area contributed by atoms with Crippen molar-refractivity contribution in [2.45, 2.75) is 13.0 Å². The lowest BCUT2D eigenvalue weighted by Crippen LogP contribution is -2.31. The van der Waals surface area contributed by atoms with Crippen molar-refractivity contribution in [2.75, 3.05) is 6.61 Å². The predicted octanol–water partition coefficient (Wildman–Crippen LogP) is 2.59. The molecule has 0 spiro atoms. The molecular weight excluding hydrogens is 296 g/mol. The topological polar surface area (TPSA) is 68.5 Å². The molecule has 0 radical (unpaired) electrons. The van der Waals surface area contributed by atoms with E-state index < -0.39 is 41.7 Å². The molecule has 116 valence electrons. The second-order valence-corrected chi connectivity index (χ2v) is 4.50. The van der Waals surface area contributed by atoms with E-state index in [0.29, 0.717) is 11.8 Å². The van der Waals surface area contributed by atoms with E-state index in [-0.39, 0.29) is 0 Å². The molecule has 7 heteroatoms. The lowest BCUT2D eigenvalue weighted by molar-refractivity contribution is -0.125. The van der Waals surface area contributed by atoms with Gasteiger partial charge in [0, 0.05) is 6.07 Å². The highest BCUT2D eigenvalue weighted by Crippen LogP contribution is 2.13. The van der Waals surface area contributed by atoms with E-state index in [1.807, 2.05) is 0 Å². The van der Waals surface area contributed by atoms with Crippen molar-refractivity contribution in [3.05, 3.63) is 59.6 Å². The van der Waals surface area contributed by atoms with Crippen LogP contribution in [0.5, 0.6) is 0 Å². The fourth-order valence-corrected chi connectivity index (χ4v) is 1.76. The minimum atomic E-state index is -1.05. The summed E-state index contributed by atoms with van der Waals surface area (Å²) < 4.78 is 35.9. The van der Waals surface area contributed by atoms with Crippen LogP contribution in [-0.2, 0) is 9.53 Å². The van der Waals surface area contributed by atoms with Crippen molar-refractivity contribution in [3.63, 3.8) is 0 Å². The van der Waals surface area contributed by atoms with Crippen LogP contribution in [0, 0.1) is 11.6 Å². The number of esters is 1. The van der Waals surface area contributed by atoms with Crippen molar-refractivity contribution in [1.82, 2.24) is 5.32 Å². The Morgan fingerprint density at radius 2 is 2.09 bits per heavy atom. The molecule has 1 aromatic carbocycles. The third-order valence-corrected chi connectivity index (χ3v) is 2.83. The van der Waals surface area contributed by atoms with Crippen LogP contribution in [0.4, 0.5) is 8.78 Å². The Morgan fingerprint density at radius 3 is 2.73 bits per heavy atom. The maximum Gasteiger partial charge on any atom is 0.341 e. The van der Waals surface area contributed by atoms with E-state index in [1.54, 1.807) is 19.1 Å². The first-order chi connectivity index (χ1) is 10.5. The van der Waals surface area contributed by atoms with Gasteiger partial charge in [-0.2, -0.15) is 0 Å². The first-order valence-electron chi connectivity index (χ1n) is 6.42. The highest BCUT2D eigenvalue weighted by atomic mass is 19.1. The van der Waals surface area contributed by atoms with Gasteiger partial charge in [-0.1, -0.05) is 0 Å². The molecule has 0 aliphatic rings. The summed E-state index contributed by atoms with van der Waals surface area (Å²) in [5.74, 6) is -2.92. The molecule has 0 fully saturated rings. The Balaban J connectivity index is 1.86. The summed E-state index contributed by atoms with van der Waals surface area (Å²) in [7, 11) is 0. The van der Waals surface area contributed by atoms with Crippen LogP contribution in [-0.4, -0.2) is 18.5 Å². The van der Waals surface area contributed by atoms with Crippen molar-refractivity contribution < 1.29 is 27.5 Å². The maximum absolute atomic E-state index is 13.4. The number of carbonyl (C=O) groups is 2. The summed E-state index contributed by atoms with van der Waals surface area (Å²) in [6.07, 6.45) is 1.47. The van der Waals surface area contributed by atoms with E-state index in [4.69, 9.17) is 4.42 Å². The Bertz CT molecular complexity index is 670. The summed E-state index contributed by atoms with van der Waals surface area (Å²) in [5, 5.41) is 2.55. The summed E-state index contributed by atoms with van der Waals surface area (Å²) in [6, 6.07) is 5.41. The third kappa shape index (κ3) is 3.91. The van der Waals surface area contributed by atoms with Crippen LogP contribution in [0.3, 0.4) is 0 Å². The van der Waals surface area contributed by atoms with Gasteiger partial charge >= 0.3 is 5.97 Å². The monoisotopic (exact) mass is 309 g/mol. The second kappa shape index (κ2) is 6.84. The van der Waals surface area contributed by atoms with Gasteiger partial charge in [0.05, 0.1) is 17.9 Å². The van der Waals surface area contributed by atoms with E-state index >= 15 is 0 Å². The molecule has 5 nitrogen and oxygen atoms in total. The standard InChI is InChI=1S/C15H13F2NO4/c1-9(13-3-2-6-21-13)18-14(19)8-22-15(20)11-5-4-10(16)7-12(11)17/h2-7,9H,8H2,1H3,(H,18,19)/t9-/m0/s1. The van der Waals surface area contributed by atoms with Crippen molar-refractivity contribution in [3.8, 4) is 0 Å². The lowest BCUT2D eigenvalue weighted by Gasteiger charge is -2.11. The molecule has 1 atom stereocenters. The molecule has 0 aliphatic heterocycles. The molecule has 0 unspecified atom stereocenters. The minimum absolute atomic E-state index is 0.399. The highest BCUT2D eigenvalue weighted by molar-refractivity contribution is 5.91. The van der Waals surface area contributed by atoms with Crippen LogP contribution < -0.4 is 5.32 Å². The van der Waals surface area contributed by atoms with Crippen LogP contribution in [0.1, 0.15) is 29.1 Å². The molecular formula is C15H13F2NO4. The smallest absolute Gasteiger partial charge is 0.341 e. The Kier molecular flexibility index (Phi) is 4.88. The zero-order valence-electron chi connectivity index (χ0n) is 11.6. The zero-order chi connectivity index (χ0) is 16.1. The van der Waals surface area contributed by atoms with Crippen LogP contribution in [0.2, 0.25) is 0 Å². The maximum atomic E-state index is 13.4. The van der Waals surface area contributed by atoms with Gasteiger partial charge in [0.2, 0.25) is 0 Å². The summed E-state index contributed by atoms with van der Waals surface area (Å²) in [6.45, 7) is 1.11. The molecule has 2 aromatic rings. The summed E-state index contributed by atoms with van der Waals surface area (Å²) >= 11 is 0. The Morgan fingerprint density at radius 1 is 1.32 bits per heavy atom. The van der Waals surface area contributed by atoms with Crippen LogP contribution in [0.15, 0.2) is 41.0 Å². The second-order valence-electron chi connectivity index (χ2n) is 4.50. The summed E-state index contributed by atoms with van der Waals surface area (Å²) in [4.78, 5) is 23.3. The minimum Gasteiger partial charge on any atom is -0.467 e. The Labute approximate surface area is 124 Å². The SMILES string of the molecule is C[C@H](NC(=O)COC(=O)c1ccc(F)cc1F)c1ccco1. The number of ether oxygens (including phenoxy) is 1. The van der Waals surface area contributed by atoms with Gasteiger partial charge in [0.15, 0.2) is 6.61 Å². The third-order valence-electron chi connectivity index (χ3n) is 2.83. The number of benzene rings is 1. The molecule has 0 saturated heterocycles. The molecule has 2 rings (SSSR count). The van der Waals surface area contributed by atoms with Crippen LogP contribution >= 0.6 is 0 Å². The quantitative estimate of drug-likeness (QED) is 0.862. The fraction of sp³-hybridized carbons (Fsp3) is 0.200. The summed E-state index contributed by atoms with van der Waals surface area (Å²) in [5.41, 5.74) is -0.437. The van der Waals surface area contributed by atoms with E-state index in [2.05, 4.69) is 10.1 Å². The molecule has 0 aliphatic carbocycles. The number of hydrogen-bond donors (Lipinski definition) is 1. The van der Waals surface area contributed by atoms with Crippen molar-refractivity contribution in [1.29, 1.82) is 0 Å². The largest absolute Gasteiger partial charge is 0.467 e. The first kappa shape index (κ1) is 15.7. The molecule has 0 bridgehead atoms. The average Bonchev–Trinajstić information content (AvgIpc) is 2.99. The number of amides is 1.